The molecule has 0 aliphatic heterocycles. The maximum absolute atomic E-state index is 13.7. The lowest BCUT2D eigenvalue weighted by Gasteiger charge is -2.29. The molecule has 1 aromatic carbocycles. The third-order valence-corrected chi connectivity index (χ3v) is 7.69. The lowest BCUT2D eigenvalue weighted by atomic mass is 9.85. The van der Waals surface area contributed by atoms with Gasteiger partial charge in [0.2, 0.25) is 0 Å². The number of benzene rings is 1. The fourth-order valence-corrected chi connectivity index (χ4v) is 5.69. The molecule has 4 aromatic heterocycles. The van der Waals surface area contributed by atoms with Crippen molar-refractivity contribution >= 4 is 34.1 Å². The highest BCUT2D eigenvalue weighted by Gasteiger charge is 2.38. The van der Waals surface area contributed by atoms with Crippen molar-refractivity contribution in [1.82, 2.24) is 28.8 Å². The fourth-order valence-electron chi connectivity index (χ4n) is 5.53. The molecule has 0 spiro atoms. The number of pyridine rings is 2. The summed E-state index contributed by atoms with van der Waals surface area (Å²) in [5.74, 6) is -0.679. The molecule has 206 valence electrons. The van der Waals surface area contributed by atoms with Gasteiger partial charge in [-0.1, -0.05) is 23.7 Å². The number of fused-ring (bicyclic) bond motifs is 2. The normalized spacial score (nSPS) is 17.9. The van der Waals surface area contributed by atoms with Gasteiger partial charge >= 0.3 is 11.9 Å². The molecule has 0 radical (unpaired) electrons. The van der Waals surface area contributed by atoms with E-state index < -0.39 is 23.3 Å². The molecular weight excluding hydrogens is 545 g/mol. The number of nitrogens with one attached hydrogen (secondary N) is 1. The van der Waals surface area contributed by atoms with Gasteiger partial charge in [-0.15, -0.1) is 0 Å². The number of hydrogen-bond donors (Lipinski definition) is 1. The number of para-hydroxylation sites is 2. The second kappa shape index (κ2) is 10.1. The Hall–Kier alpha value is -4.12. The van der Waals surface area contributed by atoms with Crippen LogP contribution in [-0.2, 0) is 12.7 Å². The topological polar surface area (TPSA) is 86.2 Å². The monoisotopic (exact) mass is 568 g/mol. The average molecular weight is 569 g/mol. The van der Waals surface area contributed by atoms with E-state index in [-0.39, 0.29) is 22.7 Å². The predicted octanol–water partition coefficient (Wildman–Crippen LogP) is 5.50. The molecule has 1 saturated carbocycles. The number of carbonyl (C=O) groups is 1. The van der Waals surface area contributed by atoms with E-state index in [1.807, 2.05) is 47.0 Å². The summed E-state index contributed by atoms with van der Waals surface area (Å²) in [6.07, 6.45) is 3.98. The maximum Gasteiger partial charge on any atom is 0.434 e. The Morgan fingerprint density at radius 3 is 2.55 bits per heavy atom. The molecule has 0 saturated heterocycles. The summed E-state index contributed by atoms with van der Waals surface area (Å²) >= 11 is 5.82. The minimum atomic E-state index is -4.77. The molecule has 8 nitrogen and oxygen atoms in total. The van der Waals surface area contributed by atoms with Gasteiger partial charge in [-0.05, 0) is 61.9 Å². The third-order valence-electron chi connectivity index (χ3n) is 7.48. The van der Waals surface area contributed by atoms with Gasteiger partial charge in [-0.2, -0.15) is 13.2 Å². The highest BCUT2D eigenvalue weighted by Crippen LogP contribution is 2.32. The molecule has 4 heterocycles. The Kier molecular flexibility index (Phi) is 6.61. The second-order valence-electron chi connectivity index (χ2n) is 10.1. The number of nitrogens with zero attached hydrogens (tertiary/aromatic N) is 5. The van der Waals surface area contributed by atoms with Crippen LogP contribution in [0.3, 0.4) is 0 Å². The first kappa shape index (κ1) is 26.1. The smallest absolute Gasteiger partial charge is 0.349 e. The second-order valence-corrected chi connectivity index (χ2v) is 10.5. The van der Waals surface area contributed by atoms with Crippen LogP contribution in [0.4, 0.5) is 13.2 Å². The van der Waals surface area contributed by atoms with Crippen molar-refractivity contribution in [3.63, 3.8) is 0 Å². The van der Waals surface area contributed by atoms with Gasteiger partial charge in [0.05, 0.1) is 45.3 Å². The van der Waals surface area contributed by atoms with Crippen LogP contribution < -0.4 is 11.0 Å². The van der Waals surface area contributed by atoms with Crippen LogP contribution in [0.2, 0.25) is 5.02 Å². The molecule has 12 heteroatoms. The maximum atomic E-state index is 13.7. The van der Waals surface area contributed by atoms with E-state index >= 15 is 0 Å². The Morgan fingerprint density at radius 2 is 1.80 bits per heavy atom. The van der Waals surface area contributed by atoms with Crippen LogP contribution in [0, 0.1) is 5.92 Å². The number of alkyl halides is 3. The molecular formula is C28H24ClF3N6O2. The number of carbonyl (C=O) groups excluding carboxylic acids is 1. The zero-order chi connectivity index (χ0) is 28.0. The van der Waals surface area contributed by atoms with Crippen molar-refractivity contribution < 1.29 is 18.0 Å². The molecule has 0 unspecified atom stereocenters. The summed E-state index contributed by atoms with van der Waals surface area (Å²) in [5, 5.41) is 2.68. The largest absolute Gasteiger partial charge is 0.434 e. The van der Waals surface area contributed by atoms with Gasteiger partial charge in [-0.3, -0.25) is 13.9 Å². The average Bonchev–Trinajstić information content (AvgIpc) is 3.51. The highest BCUT2D eigenvalue weighted by molar-refractivity contribution is 6.30. The minimum absolute atomic E-state index is 0.0448. The number of hydrogen-bond acceptors (Lipinski definition) is 4. The Bertz CT molecular complexity index is 1780. The quantitative estimate of drug-likeness (QED) is 0.303. The van der Waals surface area contributed by atoms with Gasteiger partial charge < -0.3 is 9.72 Å². The number of amides is 1. The standard InChI is InChI=1S/C28H24ClF3N6O2/c29-18-11-22(25(34-13-18)28(30,31)32)26(39)35-19-7-5-17(6-8-19)15-37-23-3-1-2-4-24(23)38(27(37)40)20-9-10-36-16-33-14-21(36)12-20/h1-4,9-14,16-17,19H,5-8,15H2,(H,35,39). The lowest BCUT2D eigenvalue weighted by molar-refractivity contribution is -0.141. The van der Waals surface area contributed by atoms with Crippen molar-refractivity contribution in [2.45, 2.75) is 44.4 Å². The van der Waals surface area contributed by atoms with Gasteiger partial charge in [-0.25, -0.2) is 14.8 Å². The third kappa shape index (κ3) is 4.85. The number of aromatic nitrogens is 5. The molecule has 1 aliphatic carbocycles. The van der Waals surface area contributed by atoms with E-state index in [1.54, 1.807) is 21.7 Å². The van der Waals surface area contributed by atoms with Crippen LogP contribution >= 0.6 is 11.6 Å². The Labute approximate surface area is 231 Å². The van der Waals surface area contributed by atoms with Crippen molar-refractivity contribution in [1.29, 1.82) is 0 Å². The van der Waals surface area contributed by atoms with E-state index in [0.29, 0.717) is 32.2 Å². The predicted molar refractivity (Wildman–Crippen MR) is 144 cm³/mol. The zero-order valence-electron chi connectivity index (χ0n) is 21.1. The summed E-state index contributed by atoms with van der Waals surface area (Å²) in [7, 11) is 0. The Morgan fingerprint density at radius 1 is 1.05 bits per heavy atom. The summed E-state index contributed by atoms with van der Waals surface area (Å²) in [6, 6.07) is 12.1. The van der Waals surface area contributed by atoms with Crippen molar-refractivity contribution in [2.24, 2.45) is 5.92 Å². The van der Waals surface area contributed by atoms with E-state index in [4.69, 9.17) is 11.6 Å². The molecule has 1 aliphatic rings. The van der Waals surface area contributed by atoms with Crippen LogP contribution in [0.25, 0.3) is 22.2 Å². The van der Waals surface area contributed by atoms with Crippen LogP contribution in [0.5, 0.6) is 0 Å². The van der Waals surface area contributed by atoms with Crippen LogP contribution in [0.15, 0.2) is 72.2 Å². The fraction of sp³-hybridized carbons (Fsp3) is 0.286. The van der Waals surface area contributed by atoms with Gasteiger partial charge in [0.25, 0.3) is 5.91 Å². The molecule has 6 rings (SSSR count). The molecule has 40 heavy (non-hydrogen) atoms. The first-order valence-corrected chi connectivity index (χ1v) is 13.2. The first-order chi connectivity index (χ1) is 19.2. The van der Waals surface area contributed by atoms with Gasteiger partial charge in [0.1, 0.15) is 0 Å². The molecule has 0 bridgehead atoms. The lowest BCUT2D eigenvalue weighted by Crippen LogP contribution is -2.39. The van der Waals surface area contributed by atoms with E-state index in [2.05, 4.69) is 15.3 Å². The number of imidazole rings is 2. The van der Waals surface area contributed by atoms with E-state index in [0.717, 1.165) is 34.5 Å². The molecule has 1 N–H and O–H groups in total. The minimum Gasteiger partial charge on any atom is -0.349 e. The van der Waals surface area contributed by atoms with Crippen LogP contribution in [-0.4, -0.2) is 35.5 Å². The zero-order valence-corrected chi connectivity index (χ0v) is 21.9. The molecule has 0 atom stereocenters. The highest BCUT2D eigenvalue weighted by atomic mass is 35.5. The summed E-state index contributed by atoms with van der Waals surface area (Å²) in [6.45, 7) is 0.498. The SMILES string of the molecule is O=C(NC1CCC(Cn2c(=O)n(-c3ccn4cncc4c3)c3ccccc32)CC1)c1cc(Cl)cnc1C(F)(F)F. The Balaban J connectivity index is 1.18. The summed E-state index contributed by atoms with van der Waals surface area (Å²) in [4.78, 5) is 33.9. The van der Waals surface area contributed by atoms with Crippen LogP contribution in [0.1, 0.15) is 41.7 Å². The summed E-state index contributed by atoms with van der Waals surface area (Å²) < 4.78 is 45.5. The number of halogens is 4. The van der Waals surface area contributed by atoms with E-state index in [1.165, 1.54) is 0 Å². The first-order valence-electron chi connectivity index (χ1n) is 12.8. The van der Waals surface area contributed by atoms with Crippen molar-refractivity contribution in [2.75, 3.05) is 0 Å². The van der Waals surface area contributed by atoms with E-state index in [9.17, 15) is 22.8 Å². The van der Waals surface area contributed by atoms with Crippen molar-refractivity contribution in [3.05, 3.63) is 94.1 Å². The molecule has 1 amide bonds. The summed E-state index contributed by atoms with van der Waals surface area (Å²) in [5.41, 5.74) is 1.25. The molecule has 1 fully saturated rings. The molecule has 5 aromatic rings. The number of rotatable bonds is 5. The van der Waals surface area contributed by atoms with Gasteiger partial charge in [0.15, 0.2) is 5.69 Å². The van der Waals surface area contributed by atoms with Gasteiger partial charge in [0, 0.05) is 25.0 Å². The van der Waals surface area contributed by atoms with Crippen molar-refractivity contribution in [3.8, 4) is 5.69 Å².